The highest BCUT2D eigenvalue weighted by Crippen LogP contribution is 2.34. The zero-order valence-corrected chi connectivity index (χ0v) is 15.0. The molecule has 7 nitrogen and oxygen atoms in total. The predicted octanol–water partition coefficient (Wildman–Crippen LogP) is 1.19. The van der Waals surface area contributed by atoms with Gasteiger partial charge in [0.1, 0.15) is 0 Å². The molecule has 2 aliphatic heterocycles. The molecule has 2 aromatic heterocycles. The summed E-state index contributed by atoms with van der Waals surface area (Å²) in [5.41, 5.74) is 1.64. The van der Waals surface area contributed by atoms with Crippen LogP contribution in [0.2, 0.25) is 0 Å². The molecule has 0 bridgehead atoms. The van der Waals surface area contributed by atoms with Crippen molar-refractivity contribution in [1.29, 1.82) is 0 Å². The highest BCUT2D eigenvalue weighted by molar-refractivity contribution is 5.95. The van der Waals surface area contributed by atoms with Crippen LogP contribution in [-0.4, -0.2) is 71.0 Å². The fourth-order valence-corrected chi connectivity index (χ4v) is 3.86. The molecule has 140 valence electrons. The van der Waals surface area contributed by atoms with E-state index in [4.69, 9.17) is 4.74 Å². The van der Waals surface area contributed by atoms with Crippen molar-refractivity contribution in [3.63, 3.8) is 0 Å². The first kappa shape index (κ1) is 17.6. The number of ether oxygens (including phenoxy) is 1. The number of carbonyl (C=O) groups excluding carboxylic acids is 2. The Morgan fingerprint density at radius 2 is 1.52 bits per heavy atom. The maximum atomic E-state index is 13.2. The minimum absolute atomic E-state index is 0.0332. The summed E-state index contributed by atoms with van der Waals surface area (Å²) < 4.78 is 5.37. The predicted molar refractivity (Wildman–Crippen MR) is 98.0 cm³/mol. The molecular formula is C20H22N4O3. The van der Waals surface area contributed by atoms with Gasteiger partial charge in [-0.15, -0.1) is 0 Å². The Hall–Kier alpha value is -2.80. The van der Waals surface area contributed by atoms with Gasteiger partial charge in [0.25, 0.3) is 5.91 Å². The molecule has 4 heterocycles. The smallest absolute Gasteiger partial charge is 0.254 e. The van der Waals surface area contributed by atoms with Gasteiger partial charge < -0.3 is 14.5 Å². The lowest BCUT2D eigenvalue weighted by atomic mass is 9.88. The Morgan fingerprint density at radius 1 is 0.889 bits per heavy atom. The lowest BCUT2D eigenvalue weighted by molar-refractivity contribution is -0.139. The van der Waals surface area contributed by atoms with Crippen LogP contribution >= 0.6 is 0 Å². The topological polar surface area (TPSA) is 75.6 Å². The number of morpholine rings is 1. The van der Waals surface area contributed by atoms with Crippen molar-refractivity contribution in [2.24, 2.45) is 5.92 Å². The van der Waals surface area contributed by atoms with Crippen LogP contribution < -0.4 is 0 Å². The second-order valence-corrected chi connectivity index (χ2v) is 6.88. The summed E-state index contributed by atoms with van der Waals surface area (Å²) in [5.74, 6) is -0.246. The van der Waals surface area contributed by atoms with Gasteiger partial charge in [-0.05, 0) is 29.8 Å². The highest BCUT2D eigenvalue weighted by Gasteiger charge is 2.42. The minimum Gasteiger partial charge on any atom is -0.378 e. The van der Waals surface area contributed by atoms with Gasteiger partial charge in [0.15, 0.2) is 0 Å². The van der Waals surface area contributed by atoms with Gasteiger partial charge in [-0.25, -0.2) is 0 Å². The summed E-state index contributed by atoms with van der Waals surface area (Å²) in [5, 5.41) is 0. The summed E-state index contributed by atoms with van der Waals surface area (Å²) in [6.45, 7) is 3.29. The van der Waals surface area contributed by atoms with E-state index < -0.39 is 0 Å². The fraction of sp³-hybridized carbons (Fsp3) is 0.400. The number of nitrogens with zero attached hydrogens (tertiary/aromatic N) is 4. The SMILES string of the molecule is O=C(c1ccncc1)N1CC(C(=O)N2CCOCC2)[C@H](c2ccncc2)C1. The summed E-state index contributed by atoms with van der Waals surface area (Å²) >= 11 is 0. The van der Waals surface area contributed by atoms with Crippen molar-refractivity contribution in [3.8, 4) is 0 Å². The molecule has 2 atom stereocenters. The van der Waals surface area contributed by atoms with Crippen LogP contribution in [0.1, 0.15) is 21.8 Å². The van der Waals surface area contributed by atoms with Crippen LogP contribution in [0.5, 0.6) is 0 Å². The third-order valence-electron chi connectivity index (χ3n) is 5.31. The zero-order chi connectivity index (χ0) is 18.6. The summed E-state index contributed by atoms with van der Waals surface area (Å²) in [7, 11) is 0. The van der Waals surface area contributed by atoms with Crippen LogP contribution in [0.3, 0.4) is 0 Å². The van der Waals surface area contributed by atoms with Gasteiger partial charge in [-0.3, -0.25) is 19.6 Å². The van der Waals surface area contributed by atoms with E-state index in [0.29, 0.717) is 45.0 Å². The average Bonchev–Trinajstić information content (AvgIpc) is 3.20. The molecule has 4 rings (SSSR count). The van der Waals surface area contributed by atoms with Crippen molar-refractivity contribution in [1.82, 2.24) is 19.8 Å². The third-order valence-corrected chi connectivity index (χ3v) is 5.31. The molecule has 0 aliphatic carbocycles. The van der Waals surface area contributed by atoms with Gasteiger partial charge >= 0.3 is 0 Å². The Morgan fingerprint density at radius 3 is 2.19 bits per heavy atom. The van der Waals surface area contributed by atoms with E-state index in [1.54, 1.807) is 41.8 Å². The summed E-state index contributed by atoms with van der Waals surface area (Å²) in [6, 6.07) is 7.29. The Balaban J connectivity index is 1.59. The highest BCUT2D eigenvalue weighted by atomic mass is 16.5. The molecule has 7 heteroatoms. The zero-order valence-electron chi connectivity index (χ0n) is 15.0. The van der Waals surface area contributed by atoms with Crippen LogP contribution in [0.15, 0.2) is 49.1 Å². The number of pyridine rings is 2. The summed E-state index contributed by atoms with van der Waals surface area (Å²) in [6.07, 6.45) is 6.69. The maximum absolute atomic E-state index is 13.2. The molecule has 27 heavy (non-hydrogen) atoms. The number of amides is 2. The summed E-state index contributed by atoms with van der Waals surface area (Å²) in [4.78, 5) is 37.8. The van der Waals surface area contributed by atoms with Crippen molar-refractivity contribution < 1.29 is 14.3 Å². The maximum Gasteiger partial charge on any atom is 0.254 e. The van der Waals surface area contributed by atoms with Crippen molar-refractivity contribution >= 4 is 11.8 Å². The van der Waals surface area contributed by atoms with Gasteiger partial charge in [0, 0.05) is 62.4 Å². The Bertz CT molecular complexity index is 793. The molecular weight excluding hydrogens is 344 g/mol. The van der Waals surface area contributed by atoms with E-state index in [0.717, 1.165) is 5.56 Å². The molecule has 2 aliphatic rings. The lowest BCUT2D eigenvalue weighted by Gasteiger charge is -2.30. The molecule has 2 amide bonds. The molecule has 0 saturated carbocycles. The number of hydrogen-bond donors (Lipinski definition) is 0. The largest absolute Gasteiger partial charge is 0.378 e. The molecule has 0 aromatic carbocycles. The fourth-order valence-electron chi connectivity index (χ4n) is 3.86. The molecule has 2 saturated heterocycles. The number of rotatable bonds is 3. The van der Waals surface area contributed by atoms with Crippen LogP contribution in [-0.2, 0) is 9.53 Å². The van der Waals surface area contributed by atoms with Gasteiger partial charge in [-0.2, -0.15) is 0 Å². The van der Waals surface area contributed by atoms with Gasteiger partial charge in [0.05, 0.1) is 19.1 Å². The van der Waals surface area contributed by atoms with E-state index in [1.807, 2.05) is 17.0 Å². The monoisotopic (exact) mass is 366 g/mol. The van der Waals surface area contributed by atoms with Gasteiger partial charge in [-0.1, -0.05) is 0 Å². The standard InChI is InChI=1S/C20H22N4O3/c25-19(16-3-7-22-8-4-16)24-13-17(15-1-5-21-6-2-15)18(14-24)20(26)23-9-11-27-12-10-23/h1-8,17-18H,9-14H2/t17-,18?/m0/s1. The molecule has 2 fully saturated rings. The molecule has 1 unspecified atom stereocenters. The van der Waals surface area contributed by atoms with Crippen molar-refractivity contribution in [2.75, 3.05) is 39.4 Å². The molecule has 0 N–H and O–H groups in total. The van der Waals surface area contributed by atoms with Gasteiger partial charge in [0.2, 0.25) is 5.91 Å². The normalized spacial score (nSPS) is 22.7. The van der Waals surface area contributed by atoms with Crippen LogP contribution in [0, 0.1) is 5.92 Å². The first-order chi connectivity index (χ1) is 13.2. The van der Waals surface area contributed by atoms with Crippen molar-refractivity contribution in [3.05, 3.63) is 60.2 Å². The lowest BCUT2D eigenvalue weighted by Crippen LogP contribution is -2.45. The van der Waals surface area contributed by atoms with E-state index >= 15 is 0 Å². The third kappa shape index (κ3) is 3.68. The Labute approximate surface area is 158 Å². The number of hydrogen-bond acceptors (Lipinski definition) is 5. The van der Waals surface area contributed by atoms with E-state index in [2.05, 4.69) is 9.97 Å². The van der Waals surface area contributed by atoms with E-state index in [1.165, 1.54) is 0 Å². The van der Waals surface area contributed by atoms with Crippen LogP contribution in [0.25, 0.3) is 0 Å². The second-order valence-electron chi connectivity index (χ2n) is 6.88. The minimum atomic E-state index is -0.253. The first-order valence-corrected chi connectivity index (χ1v) is 9.20. The average molecular weight is 366 g/mol. The van der Waals surface area contributed by atoms with E-state index in [-0.39, 0.29) is 23.7 Å². The molecule has 0 radical (unpaired) electrons. The number of likely N-dealkylation sites (tertiary alicyclic amines) is 1. The number of aromatic nitrogens is 2. The molecule has 0 spiro atoms. The van der Waals surface area contributed by atoms with Crippen LogP contribution in [0.4, 0.5) is 0 Å². The Kier molecular flexibility index (Phi) is 5.11. The van der Waals surface area contributed by atoms with E-state index in [9.17, 15) is 9.59 Å². The first-order valence-electron chi connectivity index (χ1n) is 9.20. The quantitative estimate of drug-likeness (QED) is 0.816. The second kappa shape index (κ2) is 7.84. The number of carbonyl (C=O) groups is 2. The molecule has 2 aromatic rings. The van der Waals surface area contributed by atoms with Crippen molar-refractivity contribution in [2.45, 2.75) is 5.92 Å².